The second-order valence-electron chi connectivity index (χ2n) is 8.31. The van der Waals surface area contributed by atoms with Gasteiger partial charge in [-0.1, -0.05) is 18.2 Å². The van der Waals surface area contributed by atoms with Crippen molar-refractivity contribution < 1.29 is 22.7 Å². The van der Waals surface area contributed by atoms with E-state index in [0.29, 0.717) is 18.0 Å². The molecule has 176 valence electrons. The lowest BCUT2D eigenvalue weighted by molar-refractivity contribution is 0.0257. The summed E-state index contributed by atoms with van der Waals surface area (Å²) in [5, 5.41) is 2.83. The first-order chi connectivity index (χ1) is 16.3. The van der Waals surface area contributed by atoms with E-state index in [4.69, 9.17) is 4.74 Å². The molecule has 1 fully saturated rings. The van der Waals surface area contributed by atoms with E-state index in [9.17, 15) is 18.0 Å². The molecule has 2 aromatic heterocycles. The van der Waals surface area contributed by atoms with Crippen LogP contribution in [0.15, 0.2) is 48.7 Å². The lowest BCUT2D eigenvalue weighted by Gasteiger charge is -2.24. The van der Waals surface area contributed by atoms with Crippen molar-refractivity contribution in [2.75, 3.05) is 30.4 Å². The van der Waals surface area contributed by atoms with Gasteiger partial charge in [-0.25, -0.2) is 27.9 Å². The van der Waals surface area contributed by atoms with Crippen LogP contribution >= 0.6 is 0 Å². The van der Waals surface area contributed by atoms with Gasteiger partial charge in [0.1, 0.15) is 5.82 Å². The molecule has 34 heavy (non-hydrogen) atoms. The van der Waals surface area contributed by atoms with Crippen molar-refractivity contribution in [3.05, 3.63) is 65.7 Å². The van der Waals surface area contributed by atoms with Crippen molar-refractivity contribution in [2.24, 2.45) is 0 Å². The van der Waals surface area contributed by atoms with Crippen LogP contribution in [0.5, 0.6) is 5.88 Å². The van der Waals surface area contributed by atoms with Crippen molar-refractivity contribution >= 4 is 17.5 Å². The zero-order chi connectivity index (χ0) is 23.9. The van der Waals surface area contributed by atoms with Crippen molar-refractivity contribution in [3.8, 4) is 17.0 Å². The number of pyridine rings is 2. The standard InChI is InChI=1S/C24H22F3N5O2/c1-34-20-7-6-15-12-32(13-19(15)29-20)23(33)30-21-17(16-4-2-3-5-18(16)25)8-10-28-22(21)31-11-9-24(26,27)14-31/h2-8,10H,9,11-14H2,1H3,(H,30,33). The second kappa shape index (κ2) is 8.51. The Morgan fingerprint density at radius 1 is 1.12 bits per heavy atom. The molecule has 0 saturated carbocycles. The minimum atomic E-state index is -2.86. The SMILES string of the molecule is COc1ccc2c(n1)CN(C(=O)Nc1c(-c3ccccc3F)ccnc1N1CCC(F)(F)C1)C2. The molecule has 0 radical (unpaired) electrons. The number of ether oxygens (including phenoxy) is 1. The van der Waals surface area contributed by atoms with E-state index in [2.05, 4.69) is 15.3 Å². The van der Waals surface area contributed by atoms with E-state index in [1.165, 1.54) is 29.2 Å². The molecule has 0 bridgehead atoms. The van der Waals surface area contributed by atoms with E-state index >= 15 is 0 Å². The van der Waals surface area contributed by atoms with Crippen molar-refractivity contribution in [3.63, 3.8) is 0 Å². The fourth-order valence-electron chi connectivity index (χ4n) is 4.31. The number of anilines is 2. The number of halogens is 3. The van der Waals surface area contributed by atoms with E-state index in [0.717, 1.165) is 11.3 Å². The summed E-state index contributed by atoms with van der Waals surface area (Å²) >= 11 is 0. The zero-order valence-electron chi connectivity index (χ0n) is 18.4. The Labute approximate surface area is 194 Å². The number of alkyl halides is 2. The number of methoxy groups -OCH3 is 1. The molecule has 0 unspecified atom stereocenters. The second-order valence-corrected chi connectivity index (χ2v) is 8.31. The molecule has 0 spiro atoms. The first-order valence-corrected chi connectivity index (χ1v) is 10.8. The summed E-state index contributed by atoms with van der Waals surface area (Å²) in [6.07, 6.45) is 1.12. The Bertz CT molecular complexity index is 1250. The molecule has 0 atom stereocenters. The highest BCUT2D eigenvalue weighted by Gasteiger charge is 2.40. The normalized spacial score (nSPS) is 16.5. The topological polar surface area (TPSA) is 70.6 Å². The van der Waals surface area contributed by atoms with Gasteiger partial charge in [0.15, 0.2) is 5.82 Å². The van der Waals surface area contributed by atoms with E-state index in [1.807, 2.05) is 6.07 Å². The van der Waals surface area contributed by atoms with Crippen LogP contribution in [0.4, 0.5) is 29.5 Å². The Kier molecular flexibility index (Phi) is 5.51. The van der Waals surface area contributed by atoms with Crippen LogP contribution in [0.2, 0.25) is 0 Å². The number of urea groups is 1. The fourth-order valence-corrected chi connectivity index (χ4v) is 4.31. The summed E-state index contributed by atoms with van der Waals surface area (Å²) in [6, 6.07) is 10.8. The Morgan fingerprint density at radius 3 is 2.68 bits per heavy atom. The zero-order valence-corrected chi connectivity index (χ0v) is 18.4. The molecule has 2 amide bonds. The van der Waals surface area contributed by atoms with E-state index in [1.54, 1.807) is 30.3 Å². The Morgan fingerprint density at radius 2 is 1.94 bits per heavy atom. The van der Waals surface area contributed by atoms with E-state index in [-0.39, 0.29) is 36.6 Å². The quantitative estimate of drug-likeness (QED) is 0.601. The summed E-state index contributed by atoms with van der Waals surface area (Å²) in [4.78, 5) is 24.9. The number of carbonyl (C=O) groups excluding carboxylic acids is 1. The molecule has 1 N–H and O–H groups in total. The highest BCUT2D eigenvalue weighted by Crippen LogP contribution is 2.40. The molecule has 2 aliphatic heterocycles. The molecular weight excluding hydrogens is 447 g/mol. The van der Waals surface area contributed by atoms with Gasteiger partial charge in [0.05, 0.1) is 31.6 Å². The molecule has 4 heterocycles. The number of hydrogen-bond donors (Lipinski definition) is 1. The molecule has 1 saturated heterocycles. The largest absolute Gasteiger partial charge is 0.481 e. The van der Waals surface area contributed by atoms with Crippen molar-refractivity contribution in [1.29, 1.82) is 0 Å². The molecule has 1 aromatic carbocycles. The molecule has 2 aliphatic rings. The van der Waals surface area contributed by atoms with Crippen LogP contribution in [-0.4, -0.2) is 47.0 Å². The van der Waals surface area contributed by atoms with Crippen LogP contribution in [0.25, 0.3) is 11.1 Å². The van der Waals surface area contributed by atoms with E-state index < -0.39 is 24.3 Å². The number of fused-ring (bicyclic) bond motifs is 1. The third kappa shape index (κ3) is 4.11. The third-order valence-electron chi connectivity index (χ3n) is 6.04. The van der Waals surface area contributed by atoms with Gasteiger partial charge in [0.25, 0.3) is 5.92 Å². The van der Waals surface area contributed by atoms with Gasteiger partial charge in [0.2, 0.25) is 5.88 Å². The Balaban J connectivity index is 1.49. The fraction of sp³-hybridized carbons (Fsp3) is 0.292. The number of nitrogens with one attached hydrogen (secondary N) is 1. The molecule has 7 nitrogen and oxygen atoms in total. The summed E-state index contributed by atoms with van der Waals surface area (Å²) < 4.78 is 47.8. The van der Waals surface area contributed by atoms with Gasteiger partial charge < -0.3 is 19.9 Å². The van der Waals surface area contributed by atoms with Gasteiger partial charge in [0, 0.05) is 42.9 Å². The lowest BCUT2D eigenvalue weighted by atomic mass is 10.0. The van der Waals surface area contributed by atoms with Crippen molar-refractivity contribution in [1.82, 2.24) is 14.9 Å². The summed E-state index contributed by atoms with van der Waals surface area (Å²) in [5.74, 6) is -2.72. The first-order valence-electron chi connectivity index (χ1n) is 10.8. The highest BCUT2D eigenvalue weighted by molar-refractivity contribution is 5.99. The maximum atomic E-state index is 14.7. The number of benzene rings is 1. The summed E-state index contributed by atoms with van der Waals surface area (Å²) in [7, 11) is 1.52. The predicted molar refractivity (Wildman–Crippen MR) is 120 cm³/mol. The van der Waals surface area contributed by atoms with Crippen LogP contribution in [0, 0.1) is 5.82 Å². The molecule has 3 aromatic rings. The highest BCUT2D eigenvalue weighted by atomic mass is 19.3. The van der Waals surface area contributed by atoms with Crippen molar-refractivity contribution in [2.45, 2.75) is 25.4 Å². The maximum Gasteiger partial charge on any atom is 0.322 e. The first kappa shape index (κ1) is 22.0. The predicted octanol–water partition coefficient (Wildman–Crippen LogP) is 4.68. The van der Waals surface area contributed by atoms with Gasteiger partial charge >= 0.3 is 6.03 Å². The van der Waals surface area contributed by atoms with Gasteiger partial charge in [-0.05, 0) is 23.8 Å². The van der Waals surface area contributed by atoms with Crippen LogP contribution in [-0.2, 0) is 13.1 Å². The monoisotopic (exact) mass is 469 g/mol. The third-order valence-corrected chi connectivity index (χ3v) is 6.04. The molecule has 10 heteroatoms. The average Bonchev–Trinajstić information content (AvgIpc) is 3.42. The van der Waals surface area contributed by atoms with Crippen LogP contribution in [0.3, 0.4) is 0 Å². The number of amides is 2. The van der Waals surface area contributed by atoms with Crippen LogP contribution in [0.1, 0.15) is 17.7 Å². The Hall–Kier alpha value is -3.82. The molecule has 5 rings (SSSR count). The number of rotatable bonds is 4. The summed E-state index contributed by atoms with van der Waals surface area (Å²) in [5.41, 5.74) is 2.40. The maximum absolute atomic E-state index is 14.7. The number of aromatic nitrogens is 2. The molecular formula is C24H22F3N5O2. The number of nitrogens with zero attached hydrogens (tertiary/aromatic N) is 4. The number of carbonyl (C=O) groups is 1. The number of hydrogen-bond acceptors (Lipinski definition) is 5. The summed E-state index contributed by atoms with van der Waals surface area (Å²) in [6.45, 7) is 0.125. The minimum Gasteiger partial charge on any atom is -0.481 e. The van der Waals surface area contributed by atoms with Gasteiger partial charge in [-0.2, -0.15) is 0 Å². The lowest BCUT2D eigenvalue weighted by Crippen LogP contribution is -2.32. The van der Waals surface area contributed by atoms with Gasteiger partial charge in [-0.15, -0.1) is 0 Å². The molecule has 0 aliphatic carbocycles. The smallest absolute Gasteiger partial charge is 0.322 e. The van der Waals surface area contributed by atoms with Crippen LogP contribution < -0.4 is 15.0 Å². The van der Waals surface area contributed by atoms with Gasteiger partial charge in [-0.3, -0.25) is 0 Å². The minimum absolute atomic E-state index is 0.0719. The average molecular weight is 469 g/mol.